The van der Waals surface area contributed by atoms with Crippen LogP contribution in [-0.2, 0) is 16.2 Å². The molecular weight excluding hydrogens is 298 g/mol. The number of β-amino-alcohol motifs (C(OH)–C–C–N with tert-alkyl or cyclic N) is 1. The van der Waals surface area contributed by atoms with Gasteiger partial charge in [0.1, 0.15) is 5.60 Å². The summed E-state index contributed by atoms with van der Waals surface area (Å²) in [6, 6.07) is 7.55. The number of aliphatic hydroxyl groups excluding tert-OH is 2. The van der Waals surface area contributed by atoms with Crippen LogP contribution in [-0.4, -0.2) is 46.2 Å². The Labute approximate surface area is 136 Å². The number of hydrogen-bond donors (Lipinski definition) is 2. The molecule has 2 unspecified atom stereocenters. The molecule has 0 amide bonds. The van der Waals surface area contributed by atoms with E-state index in [0.717, 1.165) is 11.1 Å². The maximum atomic E-state index is 11.7. The first kappa shape index (κ1) is 17.7. The van der Waals surface area contributed by atoms with E-state index in [4.69, 9.17) is 14.7 Å². The van der Waals surface area contributed by atoms with Crippen LogP contribution in [0.4, 0.5) is 4.79 Å². The molecule has 0 saturated carbocycles. The van der Waals surface area contributed by atoms with Crippen LogP contribution >= 0.6 is 0 Å². The minimum Gasteiger partial charge on any atom is -0.427 e. The normalized spacial score (nSPS) is 22.7. The van der Waals surface area contributed by atoms with Crippen molar-refractivity contribution in [2.75, 3.05) is 13.1 Å². The lowest BCUT2D eigenvalue weighted by Crippen LogP contribution is -2.44. The molecule has 0 aromatic heterocycles. The van der Waals surface area contributed by atoms with Crippen molar-refractivity contribution in [3.8, 4) is 0 Å². The highest BCUT2D eigenvalue weighted by atomic mass is 16.8. The van der Waals surface area contributed by atoms with E-state index < -0.39 is 17.9 Å². The number of piperidine rings is 1. The average molecular weight is 323 g/mol. The van der Waals surface area contributed by atoms with Crippen molar-refractivity contribution in [1.29, 1.82) is 0 Å². The van der Waals surface area contributed by atoms with Crippen molar-refractivity contribution >= 4 is 6.16 Å². The summed E-state index contributed by atoms with van der Waals surface area (Å²) in [7, 11) is 0. The lowest BCUT2D eigenvalue weighted by Gasteiger charge is -2.34. The molecule has 1 heterocycles. The van der Waals surface area contributed by atoms with Gasteiger partial charge in [0.05, 0.1) is 19.3 Å². The van der Waals surface area contributed by atoms with E-state index in [1.165, 1.54) is 5.06 Å². The second-order valence-electron chi connectivity index (χ2n) is 6.81. The predicted molar refractivity (Wildman–Crippen MR) is 84.6 cm³/mol. The number of rotatable bonds is 3. The SMILES string of the molecule is CC(C)(C)OC(=O)ON1CCC(c2ccc(CO)cc2)C(O)C1. The quantitative estimate of drug-likeness (QED) is 0.830. The molecule has 2 rings (SSSR count). The largest absolute Gasteiger partial charge is 0.528 e. The van der Waals surface area contributed by atoms with E-state index in [9.17, 15) is 9.90 Å². The summed E-state index contributed by atoms with van der Waals surface area (Å²) in [6.07, 6.45) is -0.718. The molecule has 0 bridgehead atoms. The Balaban J connectivity index is 1.90. The third-order valence-corrected chi connectivity index (χ3v) is 3.73. The first-order valence-corrected chi connectivity index (χ1v) is 7.82. The molecule has 1 aliphatic heterocycles. The molecule has 1 aliphatic rings. The Hall–Kier alpha value is -1.63. The minimum atomic E-state index is -0.754. The molecule has 1 fully saturated rings. The van der Waals surface area contributed by atoms with Crippen molar-refractivity contribution in [3.63, 3.8) is 0 Å². The van der Waals surface area contributed by atoms with Gasteiger partial charge in [-0.1, -0.05) is 24.3 Å². The molecule has 1 saturated heterocycles. The number of nitrogens with zero attached hydrogens (tertiary/aromatic N) is 1. The summed E-state index contributed by atoms with van der Waals surface area (Å²) in [4.78, 5) is 16.8. The highest BCUT2D eigenvalue weighted by molar-refractivity contribution is 5.60. The van der Waals surface area contributed by atoms with Crippen LogP contribution in [0.2, 0.25) is 0 Å². The van der Waals surface area contributed by atoms with Gasteiger partial charge in [-0.05, 0) is 38.3 Å². The van der Waals surface area contributed by atoms with Gasteiger partial charge in [-0.3, -0.25) is 0 Å². The smallest absolute Gasteiger partial charge is 0.427 e. The van der Waals surface area contributed by atoms with Gasteiger partial charge in [0, 0.05) is 12.5 Å². The lowest BCUT2D eigenvalue weighted by atomic mass is 9.87. The lowest BCUT2D eigenvalue weighted by molar-refractivity contribution is -0.170. The van der Waals surface area contributed by atoms with E-state index in [2.05, 4.69) is 0 Å². The van der Waals surface area contributed by atoms with Crippen LogP contribution in [0, 0.1) is 0 Å². The standard InChI is InChI=1S/C17H25NO5/c1-17(2,3)22-16(21)23-18-9-8-14(15(20)10-18)13-6-4-12(11-19)5-7-13/h4-7,14-15,19-20H,8-11H2,1-3H3. The fourth-order valence-electron chi connectivity index (χ4n) is 2.62. The third-order valence-electron chi connectivity index (χ3n) is 3.73. The van der Waals surface area contributed by atoms with Crippen LogP contribution in [0.15, 0.2) is 24.3 Å². The zero-order chi connectivity index (χ0) is 17.0. The number of aliphatic hydroxyl groups is 2. The Kier molecular flexibility index (Phi) is 5.62. The molecule has 0 aliphatic carbocycles. The topological polar surface area (TPSA) is 79.2 Å². The van der Waals surface area contributed by atoms with Crippen LogP contribution < -0.4 is 0 Å². The van der Waals surface area contributed by atoms with Gasteiger partial charge >= 0.3 is 6.16 Å². The van der Waals surface area contributed by atoms with E-state index in [0.29, 0.717) is 13.0 Å². The van der Waals surface area contributed by atoms with Gasteiger partial charge in [0.15, 0.2) is 0 Å². The van der Waals surface area contributed by atoms with Crippen molar-refractivity contribution in [3.05, 3.63) is 35.4 Å². The summed E-state index contributed by atoms with van der Waals surface area (Å²) >= 11 is 0. The summed E-state index contributed by atoms with van der Waals surface area (Å²) in [6.45, 7) is 6.08. The average Bonchev–Trinajstić information content (AvgIpc) is 2.45. The monoisotopic (exact) mass is 323 g/mol. The molecule has 1 aromatic rings. The van der Waals surface area contributed by atoms with Gasteiger partial charge in [0.25, 0.3) is 0 Å². The molecule has 6 heteroatoms. The Bertz CT molecular complexity index is 523. The first-order chi connectivity index (χ1) is 10.8. The van der Waals surface area contributed by atoms with Crippen LogP contribution in [0.1, 0.15) is 44.2 Å². The number of ether oxygens (including phenoxy) is 1. The number of hydrogen-bond acceptors (Lipinski definition) is 6. The molecule has 0 spiro atoms. The number of carbonyl (C=O) groups excluding carboxylic acids is 1. The Morgan fingerprint density at radius 3 is 2.48 bits per heavy atom. The van der Waals surface area contributed by atoms with E-state index in [1.807, 2.05) is 24.3 Å². The molecule has 0 radical (unpaired) electrons. The second-order valence-corrected chi connectivity index (χ2v) is 6.81. The molecule has 2 N–H and O–H groups in total. The maximum Gasteiger partial charge on any atom is 0.528 e. The highest BCUT2D eigenvalue weighted by Crippen LogP contribution is 2.29. The number of hydroxylamine groups is 2. The Morgan fingerprint density at radius 2 is 1.96 bits per heavy atom. The van der Waals surface area contributed by atoms with Crippen molar-refractivity contribution in [2.24, 2.45) is 0 Å². The fourth-order valence-corrected chi connectivity index (χ4v) is 2.62. The first-order valence-electron chi connectivity index (χ1n) is 7.82. The summed E-state index contributed by atoms with van der Waals surface area (Å²) in [5.74, 6) is -0.0128. The molecule has 128 valence electrons. The molecule has 23 heavy (non-hydrogen) atoms. The van der Waals surface area contributed by atoms with E-state index in [-0.39, 0.29) is 19.1 Å². The van der Waals surface area contributed by atoms with Crippen molar-refractivity contribution in [1.82, 2.24) is 5.06 Å². The van der Waals surface area contributed by atoms with Gasteiger partial charge in [0.2, 0.25) is 0 Å². The molecule has 1 aromatic carbocycles. The summed E-state index contributed by atoms with van der Waals surface area (Å²) in [5.41, 5.74) is 1.25. The molecule has 2 atom stereocenters. The fraction of sp³-hybridized carbons (Fsp3) is 0.588. The van der Waals surface area contributed by atoms with Gasteiger partial charge in [-0.15, -0.1) is 5.06 Å². The third kappa shape index (κ3) is 5.20. The van der Waals surface area contributed by atoms with Gasteiger partial charge in [-0.2, -0.15) is 0 Å². The van der Waals surface area contributed by atoms with Crippen LogP contribution in [0.3, 0.4) is 0 Å². The van der Waals surface area contributed by atoms with Gasteiger partial charge in [-0.25, -0.2) is 4.79 Å². The number of carbonyl (C=O) groups is 1. The summed E-state index contributed by atoms with van der Waals surface area (Å²) in [5, 5.41) is 20.9. The van der Waals surface area contributed by atoms with Crippen LogP contribution in [0.25, 0.3) is 0 Å². The predicted octanol–water partition coefficient (Wildman–Crippen LogP) is 2.20. The summed E-state index contributed by atoms with van der Waals surface area (Å²) < 4.78 is 5.10. The van der Waals surface area contributed by atoms with Crippen molar-refractivity contribution < 1.29 is 24.6 Å². The van der Waals surface area contributed by atoms with E-state index >= 15 is 0 Å². The molecular formula is C17H25NO5. The minimum absolute atomic E-state index is 0.00497. The van der Waals surface area contributed by atoms with Crippen LogP contribution in [0.5, 0.6) is 0 Å². The van der Waals surface area contributed by atoms with Gasteiger partial charge < -0.3 is 19.8 Å². The maximum absolute atomic E-state index is 11.7. The Morgan fingerprint density at radius 1 is 1.30 bits per heavy atom. The zero-order valence-electron chi connectivity index (χ0n) is 13.9. The number of benzene rings is 1. The second kappa shape index (κ2) is 7.29. The zero-order valence-corrected chi connectivity index (χ0v) is 13.9. The highest BCUT2D eigenvalue weighted by Gasteiger charge is 2.31. The van der Waals surface area contributed by atoms with Crippen molar-refractivity contribution in [2.45, 2.75) is 51.4 Å². The van der Waals surface area contributed by atoms with E-state index in [1.54, 1.807) is 20.8 Å². The molecule has 6 nitrogen and oxygen atoms in total.